The molecule has 0 radical (unpaired) electrons. The summed E-state index contributed by atoms with van der Waals surface area (Å²) in [5, 5.41) is 0. The first-order valence-corrected chi connectivity index (χ1v) is 3.73. The van der Waals surface area contributed by atoms with E-state index in [1.807, 2.05) is 6.92 Å². The number of aliphatic imine (C=N–C) groups is 1. The smallest absolute Gasteiger partial charge is 0.314 e. The Morgan fingerprint density at radius 3 is 2.55 bits per heavy atom. The van der Waals surface area contributed by atoms with Crippen molar-refractivity contribution in [1.29, 1.82) is 0 Å². The molecule has 0 aromatic carbocycles. The molecular weight excluding hydrogens is 142 g/mol. The van der Waals surface area contributed by atoms with E-state index >= 15 is 0 Å². The largest absolute Gasteiger partial charge is 0.465 e. The molecule has 0 bridgehead atoms. The Hall–Kier alpha value is -0.860. The van der Waals surface area contributed by atoms with Crippen molar-refractivity contribution in [2.45, 2.75) is 20.8 Å². The van der Waals surface area contributed by atoms with Gasteiger partial charge in [-0.3, -0.25) is 9.79 Å². The lowest BCUT2D eigenvalue weighted by Gasteiger charge is -2.08. The summed E-state index contributed by atoms with van der Waals surface area (Å²) in [4.78, 5) is 14.9. The minimum atomic E-state index is -0.208. The summed E-state index contributed by atoms with van der Waals surface area (Å²) < 4.78 is 4.81. The molecule has 0 heterocycles. The van der Waals surface area contributed by atoms with Gasteiger partial charge in [-0.2, -0.15) is 0 Å². The first kappa shape index (κ1) is 10.1. The fourth-order valence-electron chi connectivity index (χ4n) is 0.631. The molecule has 0 saturated heterocycles. The van der Waals surface area contributed by atoms with Gasteiger partial charge in [0.1, 0.15) is 0 Å². The lowest BCUT2D eigenvalue weighted by Crippen LogP contribution is -2.21. The lowest BCUT2D eigenvalue weighted by atomic mass is 10.1. The summed E-state index contributed by atoms with van der Waals surface area (Å²) in [6.45, 7) is 5.84. The molecule has 0 saturated carbocycles. The summed E-state index contributed by atoms with van der Waals surface area (Å²) in [5.74, 6) is -0.407. The van der Waals surface area contributed by atoms with Gasteiger partial charge in [0.2, 0.25) is 0 Å². The topological polar surface area (TPSA) is 38.7 Å². The van der Waals surface area contributed by atoms with E-state index < -0.39 is 0 Å². The second-order valence-electron chi connectivity index (χ2n) is 2.34. The van der Waals surface area contributed by atoms with Gasteiger partial charge in [-0.25, -0.2) is 0 Å². The molecule has 3 heteroatoms. The van der Waals surface area contributed by atoms with Gasteiger partial charge >= 0.3 is 5.97 Å². The van der Waals surface area contributed by atoms with Crippen LogP contribution >= 0.6 is 0 Å². The van der Waals surface area contributed by atoms with E-state index in [1.165, 1.54) is 0 Å². The molecule has 3 nitrogen and oxygen atoms in total. The number of rotatable bonds is 3. The predicted octanol–water partition coefficient (Wildman–Crippen LogP) is 1.28. The number of ether oxygens (including phenoxy) is 1. The van der Waals surface area contributed by atoms with Gasteiger partial charge in [0.25, 0.3) is 0 Å². The molecule has 11 heavy (non-hydrogen) atoms. The zero-order valence-corrected chi connectivity index (χ0v) is 7.55. The minimum Gasteiger partial charge on any atom is -0.465 e. The maximum atomic E-state index is 11.0. The molecule has 0 amide bonds. The molecule has 1 unspecified atom stereocenters. The summed E-state index contributed by atoms with van der Waals surface area (Å²) in [5.41, 5.74) is 0.809. The van der Waals surface area contributed by atoms with Crippen LogP contribution < -0.4 is 0 Å². The molecule has 0 aliphatic carbocycles. The number of carbonyl (C=O) groups excluding carboxylic acids is 1. The monoisotopic (exact) mass is 157 g/mol. The van der Waals surface area contributed by atoms with Crippen LogP contribution in [0.3, 0.4) is 0 Å². The third-order valence-electron chi connectivity index (χ3n) is 1.62. The van der Waals surface area contributed by atoms with E-state index in [0.29, 0.717) is 6.61 Å². The highest BCUT2D eigenvalue weighted by molar-refractivity contribution is 6.00. The molecule has 0 aromatic rings. The lowest BCUT2D eigenvalue weighted by molar-refractivity contribution is -0.145. The number of carbonyl (C=O) groups is 1. The van der Waals surface area contributed by atoms with Crippen molar-refractivity contribution in [2.24, 2.45) is 10.9 Å². The summed E-state index contributed by atoms with van der Waals surface area (Å²) in [6.07, 6.45) is 0. The quantitative estimate of drug-likeness (QED) is 0.457. The third kappa shape index (κ3) is 3.16. The van der Waals surface area contributed by atoms with Gasteiger partial charge in [-0.1, -0.05) is 0 Å². The Labute approximate surface area is 67.5 Å². The van der Waals surface area contributed by atoms with Crippen LogP contribution in [0.4, 0.5) is 0 Å². The highest BCUT2D eigenvalue weighted by atomic mass is 16.5. The van der Waals surface area contributed by atoms with Crippen LogP contribution in [0.1, 0.15) is 20.8 Å². The summed E-state index contributed by atoms with van der Waals surface area (Å²) >= 11 is 0. The highest BCUT2D eigenvalue weighted by Gasteiger charge is 2.15. The maximum absolute atomic E-state index is 11.0. The van der Waals surface area contributed by atoms with Crippen molar-refractivity contribution in [2.75, 3.05) is 13.7 Å². The molecule has 0 rings (SSSR count). The Bertz CT molecular complexity index is 163. The molecule has 0 aromatic heterocycles. The molecule has 0 aliphatic rings. The number of esters is 1. The van der Waals surface area contributed by atoms with Crippen LogP contribution in [0.25, 0.3) is 0 Å². The molecule has 0 fully saturated rings. The average Bonchev–Trinajstić information content (AvgIpc) is 2.02. The van der Waals surface area contributed by atoms with E-state index in [0.717, 1.165) is 5.71 Å². The van der Waals surface area contributed by atoms with E-state index in [9.17, 15) is 4.79 Å². The first-order valence-electron chi connectivity index (χ1n) is 3.73. The molecule has 0 spiro atoms. The van der Waals surface area contributed by atoms with Gasteiger partial charge in [0.05, 0.1) is 12.5 Å². The van der Waals surface area contributed by atoms with Gasteiger partial charge in [-0.15, -0.1) is 0 Å². The summed E-state index contributed by atoms with van der Waals surface area (Å²) in [6, 6.07) is 0. The van der Waals surface area contributed by atoms with E-state index in [-0.39, 0.29) is 11.9 Å². The minimum absolute atomic E-state index is 0.199. The first-order chi connectivity index (χ1) is 5.13. The standard InChI is InChI=1S/C8H15NO2/c1-5-11-8(10)6(2)7(3)9-4/h6H,5H2,1-4H3. The predicted molar refractivity (Wildman–Crippen MR) is 44.8 cm³/mol. The van der Waals surface area contributed by atoms with Crippen LogP contribution in [0.5, 0.6) is 0 Å². The molecule has 64 valence electrons. The maximum Gasteiger partial charge on any atom is 0.314 e. The van der Waals surface area contributed by atoms with Crippen molar-refractivity contribution in [3.63, 3.8) is 0 Å². The van der Waals surface area contributed by atoms with E-state index in [1.54, 1.807) is 20.9 Å². The van der Waals surface area contributed by atoms with Crippen molar-refractivity contribution >= 4 is 11.7 Å². The molecule has 0 aliphatic heterocycles. The van der Waals surface area contributed by atoms with Crippen LogP contribution in [-0.4, -0.2) is 25.3 Å². The number of nitrogens with zero attached hydrogens (tertiary/aromatic N) is 1. The van der Waals surface area contributed by atoms with E-state index in [2.05, 4.69) is 4.99 Å². The summed E-state index contributed by atoms with van der Waals surface area (Å²) in [7, 11) is 1.67. The fourth-order valence-corrected chi connectivity index (χ4v) is 0.631. The van der Waals surface area contributed by atoms with Crippen molar-refractivity contribution in [1.82, 2.24) is 0 Å². The van der Waals surface area contributed by atoms with Crippen molar-refractivity contribution in [3.8, 4) is 0 Å². The Morgan fingerprint density at radius 2 is 2.18 bits per heavy atom. The Kier molecular flexibility index (Phi) is 4.50. The third-order valence-corrected chi connectivity index (χ3v) is 1.62. The SMILES string of the molecule is CCOC(=O)C(C)C(C)=NC. The molecular formula is C8H15NO2. The van der Waals surface area contributed by atoms with Gasteiger partial charge < -0.3 is 4.74 Å². The Balaban J connectivity index is 4.02. The van der Waals surface area contributed by atoms with Gasteiger partial charge in [-0.05, 0) is 20.8 Å². The van der Waals surface area contributed by atoms with Crippen molar-refractivity contribution in [3.05, 3.63) is 0 Å². The van der Waals surface area contributed by atoms with Crippen LogP contribution in [0, 0.1) is 5.92 Å². The highest BCUT2D eigenvalue weighted by Crippen LogP contribution is 2.01. The van der Waals surface area contributed by atoms with Crippen LogP contribution in [0.2, 0.25) is 0 Å². The van der Waals surface area contributed by atoms with Crippen molar-refractivity contribution < 1.29 is 9.53 Å². The zero-order chi connectivity index (χ0) is 8.85. The molecule has 1 atom stereocenters. The second-order valence-corrected chi connectivity index (χ2v) is 2.34. The fraction of sp³-hybridized carbons (Fsp3) is 0.750. The zero-order valence-electron chi connectivity index (χ0n) is 7.55. The van der Waals surface area contributed by atoms with Gasteiger partial charge in [0.15, 0.2) is 0 Å². The Morgan fingerprint density at radius 1 is 1.64 bits per heavy atom. The number of hydrogen-bond donors (Lipinski definition) is 0. The van der Waals surface area contributed by atoms with Crippen LogP contribution in [-0.2, 0) is 9.53 Å². The normalized spacial score (nSPS) is 14.4. The molecule has 0 N–H and O–H groups in total. The average molecular weight is 157 g/mol. The van der Waals surface area contributed by atoms with Crippen LogP contribution in [0.15, 0.2) is 4.99 Å². The van der Waals surface area contributed by atoms with Gasteiger partial charge in [0, 0.05) is 12.8 Å². The second kappa shape index (κ2) is 4.88. The van der Waals surface area contributed by atoms with E-state index in [4.69, 9.17) is 4.74 Å². The number of hydrogen-bond acceptors (Lipinski definition) is 3.